The van der Waals surface area contributed by atoms with Gasteiger partial charge in [0.1, 0.15) is 12.2 Å². The van der Waals surface area contributed by atoms with Crippen molar-refractivity contribution in [3.63, 3.8) is 0 Å². The number of carbonyl (C=O) groups is 2. The number of benzene rings is 2. The number of ether oxygens (including phenoxy) is 2. The molecule has 0 radical (unpaired) electrons. The van der Waals surface area contributed by atoms with Crippen molar-refractivity contribution in [1.29, 1.82) is 0 Å². The molecule has 0 bridgehead atoms. The van der Waals surface area contributed by atoms with Crippen molar-refractivity contribution in [2.24, 2.45) is 35.0 Å². The Morgan fingerprint density at radius 2 is 1.63 bits per heavy atom. The number of cyclic esters (lactones) is 1. The number of aliphatic hydroxyl groups excluding tert-OH is 2. The van der Waals surface area contributed by atoms with Crippen LogP contribution in [0, 0.1) is 35.0 Å². The molecule has 0 amide bonds. The normalized spacial score (nSPS) is 31.9. The Morgan fingerprint density at radius 1 is 1.00 bits per heavy atom. The van der Waals surface area contributed by atoms with Gasteiger partial charge in [-0.15, -0.1) is 0 Å². The van der Waals surface area contributed by atoms with Gasteiger partial charge < -0.3 is 24.2 Å². The van der Waals surface area contributed by atoms with Crippen LogP contribution in [0.4, 0.5) is 0 Å². The topological polar surface area (TPSA) is 119 Å². The fraction of sp³-hybridized carbons (Fsp3) is 0.622. The number of carbonyl (C=O) groups excluding carboxylic acids is 2. The molecule has 0 spiro atoms. The molecule has 2 aliphatic carbocycles. The van der Waals surface area contributed by atoms with Crippen LogP contribution in [0.5, 0.6) is 0 Å². The summed E-state index contributed by atoms with van der Waals surface area (Å²) in [7, 11) is -3.58. The van der Waals surface area contributed by atoms with E-state index in [0.717, 1.165) is 19.3 Å². The second-order valence-corrected chi connectivity index (χ2v) is 16.7. The molecule has 9 atom stereocenters. The molecule has 9 heteroatoms. The number of rotatable bonds is 11. The Bertz CT molecular complexity index is 1320. The van der Waals surface area contributed by atoms with Gasteiger partial charge in [0.15, 0.2) is 0 Å². The summed E-state index contributed by atoms with van der Waals surface area (Å²) in [6, 6.07) is 18.6. The molecule has 2 saturated carbocycles. The molecule has 2 aromatic rings. The lowest BCUT2D eigenvalue weighted by molar-refractivity contribution is -0.184. The Balaban J connectivity index is 1.51. The van der Waals surface area contributed by atoms with Gasteiger partial charge >= 0.3 is 11.9 Å². The van der Waals surface area contributed by atoms with Crippen molar-refractivity contribution < 1.29 is 38.4 Å². The predicted octanol–water partition coefficient (Wildman–Crippen LogP) is 5.79. The van der Waals surface area contributed by atoms with E-state index in [1.165, 1.54) is 0 Å². The van der Waals surface area contributed by atoms with Crippen LogP contribution < -0.4 is 10.6 Å². The number of hydrogen-bond donors (Lipinski definition) is 2. The summed E-state index contributed by atoms with van der Waals surface area (Å²) in [6.45, 7) is 7.81. The zero-order chi connectivity index (χ0) is 33.1. The van der Waals surface area contributed by atoms with Gasteiger partial charge in [-0.1, -0.05) is 56.7 Å². The molecular formula is C37H51O8P. The van der Waals surface area contributed by atoms with E-state index in [1.54, 1.807) is 0 Å². The molecule has 0 unspecified atom stereocenters. The van der Waals surface area contributed by atoms with E-state index in [2.05, 4.69) is 6.92 Å². The summed E-state index contributed by atoms with van der Waals surface area (Å²) in [5.41, 5.74) is -0.657. The second-order valence-electron chi connectivity index (χ2n) is 14.4. The van der Waals surface area contributed by atoms with Crippen molar-refractivity contribution in [2.45, 2.75) is 103 Å². The number of fused-ring (bicyclic) bond motifs is 1. The van der Waals surface area contributed by atoms with Crippen molar-refractivity contribution in [3.05, 3.63) is 60.7 Å². The first kappa shape index (κ1) is 34.8. The van der Waals surface area contributed by atoms with Crippen molar-refractivity contribution >= 4 is 29.9 Å². The quantitative estimate of drug-likeness (QED) is 0.231. The number of aliphatic hydroxyl groups is 2. The summed E-state index contributed by atoms with van der Waals surface area (Å²) in [4.78, 5) is 25.6. The first-order valence-corrected chi connectivity index (χ1v) is 18.7. The molecule has 5 rings (SSSR count). The maximum atomic E-state index is 15.1. The van der Waals surface area contributed by atoms with Crippen molar-refractivity contribution in [2.75, 3.05) is 6.61 Å². The fourth-order valence-corrected chi connectivity index (χ4v) is 10.3. The fourth-order valence-electron chi connectivity index (χ4n) is 7.93. The lowest BCUT2D eigenvalue weighted by Crippen LogP contribution is -2.56. The van der Waals surface area contributed by atoms with Gasteiger partial charge in [-0.2, -0.15) is 0 Å². The van der Waals surface area contributed by atoms with E-state index in [0.29, 0.717) is 42.2 Å². The van der Waals surface area contributed by atoms with Crippen molar-refractivity contribution in [3.8, 4) is 0 Å². The SMILES string of the molecule is CCC(C)(C)C(=O)O[C@H]1C[C@H](CO)[C@H](OP(=O)(c2ccccc2)c2ccccc2)[C@@H]2CC[C@H](C)[C@H](CC[C@@H]3C[C@@H](O)CC(=O)O3)[C@H]21. The minimum absolute atomic E-state index is 0.0245. The monoisotopic (exact) mass is 654 g/mol. The molecule has 1 aliphatic heterocycles. The highest BCUT2D eigenvalue weighted by Crippen LogP contribution is 2.56. The minimum Gasteiger partial charge on any atom is -0.462 e. The van der Waals surface area contributed by atoms with Gasteiger partial charge in [0.2, 0.25) is 0 Å². The summed E-state index contributed by atoms with van der Waals surface area (Å²) >= 11 is 0. The standard InChI is InChI=1S/C37H51O8P/c1-5-37(3,4)36(41)44-32-20-25(23-38)35(45-46(42,28-12-8-6-9-13-28)29-14-10-7-11-15-29)31-18-16-24(2)30(34(31)32)19-17-27-21-26(39)22-33(40)43-27/h6-15,24-27,30-32,34-35,38-39H,5,16-23H2,1-4H3/t24-,25+,26+,27+,30-,31+,32-,34+,35-/m0/s1. The van der Waals surface area contributed by atoms with E-state index in [1.807, 2.05) is 81.4 Å². The third-order valence-corrected chi connectivity index (χ3v) is 13.5. The van der Waals surface area contributed by atoms with Crippen LogP contribution in [-0.2, 0) is 28.2 Å². The van der Waals surface area contributed by atoms with Crippen molar-refractivity contribution in [1.82, 2.24) is 0 Å². The molecule has 1 saturated heterocycles. The molecule has 1 heterocycles. The van der Waals surface area contributed by atoms with E-state index in [-0.39, 0.29) is 54.7 Å². The largest absolute Gasteiger partial charge is 0.462 e. The number of hydrogen-bond acceptors (Lipinski definition) is 8. The predicted molar refractivity (Wildman–Crippen MR) is 177 cm³/mol. The Hall–Kier alpha value is -2.51. The zero-order valence-electron chi connectivity index (χ0n) is 27.6. The maximum Gasteiger partial charge on any atom is 0.311 e. The molecule has 252 valence electrons. The maximum absolute atomic E-state index is 15.1. The van der Waals surface area contributed by atoms with Gasteiger partial charge in [0, 0.05) is 35.5 Å². The molecule has 0 aromatic heterocycles. The summed E-state index contributed by atoms with van der Waals surface area (Å²) < 4.78 is 34.1. The average Bonchev–Trinajstić information content (AvgIpc) is 3.05. The highest BCUT2D eigenvalue weighted by Gasteiger charge is 2.54. The van der Waals surface area contributed by atoms with Crippen LogP contribution in [0.2, 0.25) is 0 Å². The van der Waals surface area contributed by atoms with Gasteiger partial charge in [-0.05, 0) is 88.0 Å². The summed E-state index contributed by atoms with van der Waals surface area (Å²) in [6.07, 6.45) is 2.46. The summed E-state index contributed by atoms with van der Waals surface area (Å²) in [5.74, 6) is -0.818. The second kappa shape index (κ2) is 14.7. The first-order valence-electron chi connectivity index (χ1n) is 17.1. The lowest BCUT2D eigenvalue weighted by Gasteiger charge is -2.54. The van der Waals surface area contributed by atoms with Crippen LogP contribution in [0.1, 0.15) is 79.1 Å². The number of esters is 2. The van der Waals surface area contributed by atoms with Gasteiger partial charge in [0.05, 0.1) is 24.0 Å². The molecule has 2 N–H and O–H groups in total. The minimum atomic E-state index is -3.58. The van der Waals surface area contributed by atoms with Crippen LogP contribution in [0.15, 0.2) is 60.7 Å². The molecule has 2 aromatic carbocycles. The molecular weight excluding hydrogens is 603 g/mol. The van der Waals surface area contributed by atoms with E-state index >= 15 is 4.57 Å². The third kappa shape index (κ3) is 7.46. The van der Waals surface area contributed by atoms with Crippen LogP contribution >= 0.6 is 7.37 Å². The smallest absolute Gasteiger partial charge is 0.311 e. The van der Waals surface area contributed by atoms with Crippen LogP contribution in [0.25, 0.3) is 0 Å². The molecule has 3 fully saturated rings. The Labute approximate surface area is 273 Å². The van der Waals surface area contributed by atoms with Crippen LogP contribution in [0.3, 0.4) is 0 Å². The summed E-state index contributed by atoms with van der Waals surface area (Å²) in [5, 5.41) is 22.2. The Morgan fingerprint density at radius 3 is 2.20 bits per heavy atom. The van der Waals surface area contributed by atoms with Gasteiger partial charge in [-0.25, -0.2) is 0 Å². The van der Waals surface area contributed by atoms with Gasteiger partial charge in [-0.3, -0.25) is 14.2 Å². The molecule has 8 nitrogen and oxygen atoms in total. The van der Waals surface area contributed by atoms with E-state index in [4.69, 9.17) is 14.0 Å². The lowest BCUT2D eigenvalue weighted by atomic mass is 9.56. The zero-order valence-corrected chi connectivity index (χ0v) is 28.5. The van der Waals surface area contributed by atoms with E-state index < -0.39 is 31.1 Å². The van der Waals surface area contributed by atoms with Gasteiger partial charge in [0.25, 0.3) is 7.37 Å². The molecule has 46 heavy (non-hydrogen) atoms. The average molecular weight is 655 g/mol. The first-order chi connectivity index (χ1) is 22.0. The molecule has 3 aliphatic rings. The highest BCUT2D eigenvalue weighted by molar-refractivity contribution is 7.74. The van der Waals surface area contributed by atoms with E-state index in [9.17, 15) is 19.8 Å². The Kier molecular flexibility index (Phi) is 11.1. The third-order valence-electron chi connectivity index (χ3n) is 11.0. The highest BCUT2D eigenvalue weighted by atomic mass is 31.2. The van der Waals surface area contributed by atoms with Crippen LogP contribution in [-0.4, -0.2) is 53.2 Å².